The summed E-state index contributed by atoms with van der Waals surface area (Å²) in [6.07, 6.45) is 6.45. The third-order valence-corrected chi connectivity index (χ3v) is 10.2. The van der Waals surface area contributed by atoms with E-state index in [0.717, 1.165) is 16.9 Å². The minimum atomic E-state index is -4.19. The molecule has 0 fully saturated rings. The smallest absolute Gasteiger partial charge is 1.00 e. The molecule has 15 heteroatoms. The number of carboxylic acid groups (broad SMARTS) is 1. The molecule has 0 aromatic heterocycles. The summed E-state index contributed by atoms with van der Waals surface area (Å²) in [5.41, 5.74) is 2.45. The van der Waals surface area contributed by atoms with Gasteiger partial charge < -0.3 is 21.1 Å². The Kier molecular flexibility index (Phi) is 11.7. The number of likely N-dealkylation sites (N-methyl/N-ethyl adjacent to an activating group) is 1. The number of Topliss-reactive ketones (excluding diaryl/α,β-unsaturated/α-hetero) is 1. The number of anilines is 2. The van der Waals surface area contributed by atoms with Crippen LogP contribution in [0.15, 0.2) is 82.3 Å². The van der Waals surface area contributed by atoms with Crippen LogP contribution >= 0.6 is 10.6 Å². The molecular formula is C30H35N2NaO10S2. The molecule has 0 radical (unpaired) electrons. The van der Waals surface area contributed by atoms with Gasteiger partial charge in [-0.1, -0.05) is 38.1 Å². The number of fused-ring (bicyclic) bond motifs is 2. The zero-order chi connectivity index (χ0) is 32.4. The van der Waals surface area contributed by atoms with E-state index in [1.54, 1.807) is 49.5 Å². The SMILES string of the molecule is CN(C(=O)COCC(=O)O)c1ccc2c(c1)C(C)(C)C(=CC=CC=C1C(=O)c3ccccc3S1(O)O)N2CCCS(=O)(=O)O.[H-].[Na+]. The van der Waals surface area contributed by atoms with Crippen LogP contribution in [-0.2, 0) is 29.9 Å². The van der Waals surface area contributed by atoms with E-state index in [0.29, 0.717) is 5.69 Å². The Bertz CT molecular complexity index is 1710. The Labute approximate surface area is 286 Å². The first-order valence-electron chi connectivity index (χ1n) is 13.5. The molecule has 2 heterocycles. The van der Waals surface area contributed by atoms with Crippen molar-refractivity contribution >= 4 is 49.7 Å². The summed E-state index contributed by atoms with van der Waals surface area (Å²) in [6.45, 7) is 3.11. The van der Waals surface area contributed by atoms with Crippen LogP contribution in [0, 0.1) is 0 Å². The van der Waals surface area contributed by atoms with Crippen molar-refractivity contribution < 1.29 is 77.3 Å². The first-order valence-corrected chi connectivity index (χ1v) is 16.7. The average Bonchev–Trinajstić information content (AvgIpc) is 3.27. The van der Waals surface area contributed by atoms with Gasteiger partial charge in [0.25, 0.3) is 16.0 Å². The Balaban J connectivity index is 0.00000368. The minimum absolute atomic E-state index is 0. The van der Waals surface area contributed by atoms with E-state index in [2.05, 4.69) is 0 Å². The Morgan fingerprint density at radius 3 is 2.40 bits per heavy atom. The fourth-order valence-electron chi connectivity index (χ4n) is 5.23. The third-order valence-electron chi connectivity index (χ3n) is 7.45. The first kappa shape index (κ1) is 36.7. The first-order chi connectivity index (χ1) is 20.6. The maximum absolute atomic E-state index is 12.8. The molecule has 0 spiro atoms. The molecular weight excluding hydrogens is 635 g/mol. The molecule has 238 valence electrons. The maximum Gasteiger partial charge on any atom is 1.00 e. The topological polar surface area (TPSA) is 182 Å². The molecule has 0 bridgehead atoms. The maximum atomic E-state index is 12.8. The van der Waals surface area contributed by atoms with Crippen LogP contribution in [0.25, 0.3) is 0 Å². The number of allylic oxidation sites excluding steroid dienone is 6. The zero-order valence-corrected chi connectivity index (χ0v) is 29.0. The van der Waals surface area contributed by atoms with Crippen LogP contribution in [0.5, 0.6) is 0 Å². The fraction of sp³-hybridized carbons (Fsp3) is 0.300. The standard InChI is InChI=1S/C30H34N2O10S2.Na.H/c1-30(2)22-17-20(31(3)27(33)18-42-19-28(34)35)13-14-23(22)32(15-8-16-43(37,38)39)26(30)12-7-6-11-25-29(36)21-9-4-5-10-24(21)44(25,40)41;;/h4-7,9-14,17,40-41H,8,15-16,18-19H2,1-3H3,(H,34,35)(H,37,38,39);;/q;+1;-1. The number of rotatable bonds is 11. The van der Waals surface area contributed by atoms with Crippen LogP contribution in [0.2, 0.25) is 0 Å². The molecule has 2 aromatic rings. The van der Waals surface area contributed by atoms with E-state index < -0.39 is 62.7 Å². The Morgan fingerprint density at radius 1 is 1.09 bits per heavy atom. The summed E-state index contributed by atoms with van der Waals surface area (Å²) in [6, 6.07) is 11.7. The second-order valence-corrected chi connectivity index (χ2v) is 14.3. The fourth-order valence-corrected chi connectivity index (χ4v) is 7.33. The van der Waals surface area contributed by atoms with Crippen LogP contribution in [-0.4, -0.2) is 77.4 Å². The van der Waals surface area contributed by atoms with E-state index in [9.17, 15) is 36.5 Å². The number of ether oxygens (including phenoxy) is 1. The van der Waals surface area contributed by atoms with Crippen molar-refractivity contribution in [1.82, 2.24) is 0 Å². The van der Waals surface area contributed by atoms with Gasteiger partial charge in [-0.25, -0.2) is 4.79 Å². The number of carbonyl (C=O) groups is 3. The van der Waals surface area contributed by atoms with Gasteiger partial charge in [0.15, 0.2) is 0 Å². The Hall–Kier alpha value is -2.79. The van der Waals surface area contributed by atoms with E-state index in [1.165, 1.54) is 23.1 Å². The van der Waals surface area contributed by atoms with Gasteiger partial charge in [-0.3, -0.25) is 23.2 Å². The van der Waals surface area contributed by atoms with E-state index >= 15 is 0 Å². The molecule has 0 saturated heterocycles. The van der Waals surface area contributed by atoms with Crippen LogP contribution < -0.4 is 39.4 Å². The van der Waals surface area contributed by atoms with E-state index in [1.807, 2.05) is 24.8 Å². The molecule has 2 aliphatic heterocycles. The average molecular weight is 671 g/mol. The predicted molar refractivity (Wildman–Crippen MR) is 168 cm³/mol. The van der Waals surface area contributed by atoms with Crippen molar-refractivity contribution in [3.8, 4) is 0 Å². The van der Waals surface area contributed by atoms with Gasteiger partial charge in [0.05, 0.1) is 10.6 Å². The summed E-state index contributed by atoms with van der Waals surface area (Å²) >= 11 is 0. The van der Waals surface area contributed by atoms with Gasteiger partial charge in [0.1, 0.15) is 18.1 Å². The van der Waals surface area contributed by atoms with Gasteiger partial charge in [0, 0.05) is 41.6 Å². The second kappa shape index (κ2) is 14.3. The van der Waals surface area contributed by atoms with Gasteiger partial charge in [-0.2, -0.15) is 8.42 Å². The number of benzene rings is 2. The van der Waals surface area contributed by atoms with Gasteiger partial charge >= 0.3 is 35.5 Å². The summed E-state index contributed by atoms with van der Waals surface area (Å²) in [5.74, 6) is -2.54. The van der Waals surface area contributed by atoms with Gasteiger partial charge in [0.2, 0.25) is 5.78 Å². The summed E-state index contributed by atoms with van der Waals surface area (Å²) < 4.78 is 58.5. The molecule has 12 nitrogen and oxygen atoms in total. The van der Waals surface area contributed by atoms with Crippen molar-refractivity contribution in [3.05, 3.63) is 88.5 Å². The predicted octanol–water partition coefficient (Wildman–Crippen LogP) is 1.57. The molecule has 0 atom stereocenters. The van der Waals surface area contributed by atoms with Crippen molar-refractivity contribution in [3.63, 3.8) is 0 Å². The monoisotopic (exact) mass is 670 g/mol. The molecule has 0 unspecified atom stereocenters. The van der Waals surface area contributed by atoms with E-state index in [-0.39, 0.29) is 59.3 Å². The second-order valence-electron chi connectivity index (χ2n) is 10.8. The normalized spacial score (nSPS) is 19.0. The number of aliphatic carboxylic acids is 1. The van der Waals surface area contributed by atoms with Crippen LogP contribution in [0.3, 0.4) is 0 Å². The molecule has 4 N–H and O–H groups in total. The molecule has 1 amide bonds. The third kappa shape index (κ3) is 7.96. The number of amides is 1. The van der Waals surface area contributed by atoms with Crippen molar-refractivity contribution in [1.29, 1.82) is 0 Å². The number of carbonyl (C=O) groups excluding carboxylic acids is 2. The number of carboxylic acids is 1. The summed E-state index contributed by atoms with van der Waals surface area (Å²) in [4.78, 5) is 39.5. The number of nitrogens with zero attached hydrogens (tertiary/aromatic N) is 2. The van der Waals surface area contributed by atoms with Crippen molar-refractivity contribution in [2.45, 2.75) is 30.6 Å². The van der Waals surface area contributed by atoms with Crippen molar-refractivity contribution in [2.24, 2.45) is 0 Å². The summed E-state index contributed by atoms with van der Waals surface area (Å²) in [5, 5.41) is 8.75. The van der Waals surface area contributed by atoms with Crippen LogP contribution in [0.1, 0.15) is 37.6 Å². The Morgan fingerprint density at radius 2 is 1.76 bits per heavy atom. The van der Waals surface area contributed by atoms with Gasteiger partial charge in [-0.15, -0.1) is 10.6 Å². The molecule has 45 heavy (non-hydrogen) atoms. The molecule has 2 aromatic carbocycles. The molecule has 0 aliphatic carbocycles. The minimum Gasteiger partial charge on any atom is -1.00 e. The largest absolute Gasteiger partial charge is 1.00 e. The number of hydrogen-bond donors (Lipinski definition) is 4. The van der Waals surface area contributed by atoms with E-state index in [4.69, 9.17) is 9.84 Å². The molecule has 0 saturated carbocycles. The van der Waals surface area contributed by atoms with Crippen LogP contribution in [0.4, 0.5) is 11.4 Å². The quantitative estimate of drug-likeness (QED) is 0.155. The molecule has 2 aliphatic rings. The number of ketones is 1. The summed E-state index contributed by atoms with van der Waals surface area (Å²) in [7, 11) is -6.10. The number of hydrogen-bond acceptors (Lipinski definition) is 9. The zero-order valence-electron chi connectivity index (χ0n) is 26.3. The van der Waals surface area contributed by atoms with Gasteiger partial charge in [-0.05, 0) is 54.5 Å². The van der Waals surface area contributed by atoms with Crippen molar-refractivity contribution in [2.75, 3.05) is 42.4 Å². The molecule has 4 rings (SSSR count).